The van der Waals surface area contributed by atoms with Crippen molar-refractivity contribution in [3.63, 3.8) is 0 Å². The van der Waals surface area contributed by atoms with Crippen molar-refractivity contribution in [1.82, 2.24) is 0 Å². The van der Waals surface area contributed by atoms with Gasteiger partial charge in [0.2, 0.25) is 0 Å². The predicted octanol–water partition coefficient (Wildman–Crippen LogP) is 3.26. The predicted molar refractivity (Wildman–Crippen MR) is 69.2 cm³/mol. The Morgan fingerprint density at radius 2 is 1.94 bits per heavy atom. The van der Waals surface area contributed by atoms with Crippen LogP contribution in [-0.2, 0) is 5.54 Å². The second-order valence-electron chi connectivity index (χ2n) is 6.09. The average Bonchev–Trinajstić information content (AvgIpc) is 2.67. The van der Waals surface area contributed by atoms with Crippen LogP contribution in [0.3, 0.4) is 0 Å². The van der Waals surface area contributed by atoms with Crippen molar-refractivity contribution in [1.29, 1.82) is 0 Å². The fourth-order valence-electron chi connectivity index (χ4n) is 3.51. The molecule has 2 N–H and O–H groups in total. The van der Waals surface area contributed by atoms with Crippen molar-refractivity contribution in [3.05, 3.63) is 29.3 Å². The maximum absolute atomic E-state index is 6.53. The Balaban J connectivity index is 2.07. The van der Waals surface area contributed by atoms with Crippen LogP contribution >= 0.6 is 0 Å². The molecule has 1 aliphatic carbocycles. The Bertz CT molecular complexity index is 444. The van der Waals surface area contributed by atoms with Gasteiger partial charge in [-0.25, -0.2) is 0 Å². The molecule has 1 aromatic carbocycles. The van der Waals surface area contributed by atoms with Gasteiger partial charge in [-0.2, -0.15) is 0 Å². The summed E-state index contributed by atoms with van der Waals surface area (Å²) in [6.07, 6.45) is 5.82. The molecule has 1 heterocycles. The highest BCUT2D eigenvalue weighted by Crippen LogP contribution is 2.48. The lowest BCUT2D eigenvalue weighted by atomic mass is 9.77. The number of ether oxygens (including phenoxy) is 1. The first-order valence-electron chi connectivity index (χ1n) is 6.60. The molecule has 1 aromatic rings. The summed E-state index contributed by atoms with van der Waals surface area (Å²) in [5.41, 5.74) is 8.74. The summed E-state index contributed by atoms with van der Waals surface area (Å²) in [6, 6.07) is 6.38. The van der Waals surface area contributed by atoms with E-state index in [4.69, 9.17) is 10.5 Å². The van der Waals surface area contributed by atoms with E-state index in [2.05, 4.69) is 32.0 Å². The van der Waals surface area contributed by atoms with Crippen molar-refractivity contribution in [2.75, 3.05) is 0 Å². The van der Waals surface area contributed by atoms with Gasteiger partial charge in [0, 0.05) is 17.5 Å². The van der Waals surface area contributed by atoms with Gasteiger partial charge in [0.05, 0.1) is 0 Å². The first-order chi connectivity index (χ1) is 8.01. The number of nitrogens with two attached hydrogens (primary N) is 1. The van der Waals surface area contributed by atoms with E-state index in [-0.39, 0.29) is 11.1 Å². The van der Waals surface area contributed by atoms with Gasteiger partial charge in [-0.1, -0.05) is 17.7 Å². The molecule has 1 saturated carbocycles. The third-order valence-corrected chi connectivity index (χ3v) is 4.28. The van der Waals surface area contributed by atoms with Gasteiger partial charge in [-0.15, -0.1) is 0 Å². The molecule has 1 unspecified atom stereocenters. The highest BCUT2D eigenvalue weighted by Gasteiger charge is 2.46. The standard InChI is InChI=1S/C15H21NO/c1-11-5-6-13-12(9-11)14(2,16)10-15(17-13)7-3-4-8-15/h5-6,9H,3-4,7-8,10,16H2,1-2H3. The SMILES string of the molecule is Cc1ccc2c(c1)C(C)(N)CC1(CCCC1)O2. The zero-order chi connectivity index (χ0) is 12.1. The molecule has 0 saturated heterocycles. The van der Waals surface area contributed by atoms with Crippen molar-refractivity contribution < 1.29 is 4.74 Å². The number of rotatable bonds is 0. The normalized spacial score (nSPS) is 30.1. The highest BCUT2D eigenvalue weighted by molar-refractivity contribution is 5.44. The molecule has 1 aliphatic heterocycles. The third-order valence-electron chi connectivity index (χ3n) is 4.28. The minimum atomic E-state index is -0.246. The summed E-state index contributed by atoms with van der Waals surface area (Å²) < 4.78 is 6.29. The van der Waals surface area contributed by atoms with E-state index >= 15 is 0 Å². The molecule has 1 spiro atoms. The minimum Gasteiger partial charge on any atom is -0.487 e. The summed E-state index contributed by atoms with van der Waals surface area (Å²) in [5, 5.41) is 0. The monoisotopic (exact) mass is 231 g/mol. The van der Waals surface area contributed by atoms with Gasteiger partial charge in [0.25, 0.3) is 0 Å². The smallest absolute Gasteiger partial charge is 0.125 e. The number of hydrogen-bond acceptors (Lipinski definition) is 2. The van der Waals surface area contributed by atoms with Crippen LogP contribution in [0.15, 0.2) is 18.2 Å². The Kier molecular flexibility index (Phi) is 2.27. The van der Waals surface area contributed by atoms with Gasteiger partial charge < -0.3 is 10.5 Å². The van der Waals surface area contributed by atoms with Crippen LogP contribution in [0.5, 0.6) is 5.75 Å². The molecule has 2 nitrogen and oxygen atoms in total. The minimum absolute atomic E-state index is 0.0196. The van der Waals surface area contributed by atoms with Crippen LogP contribution in [0, 0.1) is 6.92 Å². The van der Waals surface area contributed by atoms with Crippen molar-refractivity contribution in [2.45, 2.75) is 57.1 Å². The maximum atomic E-state index is 6.53. The van der Waals surface area contributed by atoms with Crippen LogP contribution in [0.2, 0.25) is 0 Å². The van der Waals surface area contributed by atoms with Crippen LogP contribution in [-0.4, -0.2) is 5.60 Å². The van der Waals surface area contributed by atoms with Gasteiger partial charge in [-0.3, -0.25) is 0 Å². The molecule has 3 rings (SSSR count). The average molecular weight is 231 g/mol. The topological polar surface area (TPSA) is 35.2 Å². The zero-order valence-electron chi connectivity index (χ0n) is 10.8. The van der Waals surface area contributed by atoms with E-state index < -0.39 is 0 Å². The molecule has 17 heavy (non-hydrogen) atoms. The summed E-state index contributed by atoms with van der Waals surface area (Å²) in [5.74, 6) is 1.01. The Morgan fingerprint density at radius 3 is 2.65 bits per heavy atom. The molecule has 92 valence electrons. The number of fused-ring (bicyclic) bond motifs is 1. The first kappa shape index (κ1) is 11.1. The summed E-state index contributed by atoms with van der Waals surface area (Å²) >= 11 is 0. The maximum Gasteiger partial charge on any atom is 0.125 e. The van der Waals surface area contributed by atoms with Crippen LogP contribution < -0.4 is 10.5 Å². The van der Waals surface area contributed by atoms with Crippen LogP contribution in [0.25, 0.3) is 0 Å². The van der Waals surface area contributed by atoms with E-state index in [1.165, 1.54) is 24.0 Å². The highest BCUT2D eigenvalue weighted by atomic mass is 16.5. The second kappa shape index (κ2) is 3.49. The summed E-state index contributed by atoms with van der Waals surface area (Å²) in [6.45, 7) is 4.25. The zero-order valence-corrected chi connectivity index (χ0v) is 10.8. The van der Waals surface area contributed by atoms with Crippen LogP contribution in [0.4, 0.5) is 0 Å². The fourth-order valence-corrected chi connectivity index (χ4v) is 3.51. The third kappa shape index (κ3) is 1.75. The first-order valence-corrected chi connectivity index (χ1v) is 6.60. The van der Waals surface area contributed by atoms with Gasteiger partial charge in [-0.05, 0) is 45.6 Å². The van der Waals surface area contributed by atoms with Crippen molar-refractivity contribution in [3.8, 4) is 5.75 Å². The Morgan fingerprint density at radius 1 is 1.24 bits per heavy atom. The number of aryl methyl sites for hydroxylation is 1. The molecular weight excluding hydrogens is 210 g/mol. The van der Waals surface area contributed by atoms with Crippen molar-refractivity contribution >= 4 is 0 Å². The summed E-state index contributed by atoms with van der Waals surface area (Å²) in [4.78, 5) is 0. The van der Waals surface area contributed by atoms with Gasteiger partial charge in [0.15, 0.2) is 0 Å². The molecule has 0 bridgehead atoms. The molecule has 2 aliphatic rings. The number of benzene rings is 1. The lowest BCUT2D eigenvalue weighted by Crippen LogP contribution is -2.49. The lowest BCUT2D eigenvalue weighted by molar-refractivity contribution is 0.0224. The largest absolute Gasteiger partial charge is 0.487 e. The van der Waals surface area contributed by atoms with Gasteiger partial charge in [0.1, 0.15) is 11.4 Å². The summed E-state index contributed by atoms with van der Waals surface area (Å²) in [7, 11) is 0. The quantitative estimate of drug-likeness (QED) is 0.743. The van der Waals surface area contributed by atoms with E-state index in [0.29, 0.717) is 0 Å². The second-order valence-corrected chi connectivity index (χ2v) is 6.09. The fraction of sp³-hybridized carbons (Fsp3) is 0.600. The molecule has 0 amide bonds. The lowest BCUT2D eigenvalue weighted by Gasteiger charge is -2.44. The van der Waals surface area contributed by atoms with E-state index in [0.717, 1.165) is 25.0 Å². The number of hydrogen-bond donors (Lipinski definition) is 1. The molecule has 0 radical (unpaired) electrons. The van der Waals surface area contributed by atoms with Crippen molar-refractivity contribution in [2.24, 2.45) is 5.73 Å². The Hall–Kier alpha value is -1.02. The van der Waals surface area contributed by atoms with E-state index in [1.54, 1.807) is 0 Å². The van der Waals surface area contributed by atoms with E-state index in [1.807, 2.05) is 0 Å². The molecule has 1 fully saturated rings. The molecule has 0 aromatic heterocycles. The molecule has 2 heteroatoms. The Labute approximate surface area is 103 Å². The van der Waals surface area contributed by atoms with Crippen LogP contribution in [0.1, 0.15) is 50.2 Å². The molecule has 1 atom stereocenters. The van der Waals surface area contributed by atoms with E-state index in [9.17, 15) is 0 Å². The molecular formula is C15H21NO. The van der Waals surface area contributed by atoms with Gasteiger partial charge >= 0.3 is 0 Å².